The minimum Gasteiger partial charge on any atom is -0.341 e. The van der Waals surface area contributed by atoms with Crippen LogP contribution in [0.15, 0.2) is 59.4 Å². The van der Waals surface area contributed by atoms with E-state index >= 15 is 0 Å². The molecule has 0 saturated heterocycles. The zero-order valence-corrected chi connectivity index (χ0v) is 15.3. The van der Waals surface area contributed by atoms with Crippen molar-refractivity contribution in [2.45, 2.75) is 26.9 Å². The fourth-order valence-electron chi connectivity index (χ4n) is 3.47. The van der Waals surface area contributed by atoms with E-state index in [1.807, 2.05) is 30.3 Å². The molecule has 2 heterocycles. The molecule has 6 heteroatoms. The average Bonchev–Trinajstić information content (AvgIpc) is 2.98. The first kappa shape index (κ1) is 17.0. The Labute approximate surface area is 156 Å². The van der Waals surface area contributed by atoms with Gasteiger partial charge < -0.3 is 9.88 Å². The summed E-state index contributed by atoms with van der Waals surface area (Å²) < 4.78 is 3.43. The van der Waals surface area contributed by atoms with Crippen LogP contribution in [0.25, 0.3) is 21.8 Å². The predicted octanol–water partition coefficient (Wildman–Crippen LogP) is 3.32. The first-order valence-electron chi connectivity index (χ1n) is 8.92. The molecule has 0 aliphatic heterocycles. The van der Waals surface area contributed by atoms with E-state index in [1.165, 1.54) is 16.3 Å². The van der Waals surface area contributed by atoms with Gasteiger partial charge >= 0.3 is 0 Å². The molecule has 0 bridgehead atoms. The average molecular weight is 360 g/mol. The number of hydrogen-bond donors (Lipinski definition) is 1. The van der Waals surface area contributed by atoms with Crippen molar-refractivity contribution < 1.29 is 4.79 Å². The third-order valence-corrected chi connectivity index (χ3v) is 4.67. The molecule has 4 rings (SSSR count). The highest BCUT2D eigenvalue weighted by Crippen LogP contribution is 2.30. The largest absolute Gasteiger partial charge is 0.341 e. The Bertz CT molecular complexity index is 1220. The van der Waals surface area contributed by atoms with E-state index in [4.69, 9.17) is 0 Å². The number of hydrogen-bond acceptors (Lipinski definition) is 3. The molecule has 0 aliphatic rings. The molecule has 6 nitrogen and oxygen atoms in total. The quantitative estimate of drug-likeness (QED) is 0.607. The molecule has 27 heavy (non-hydrogen) atoms. The number of nitrogens with zero attached hydrogens (tertiary/aromatic N) is 3. The smallest absolute Gasteiger partial charge is 0.267 e. The number of carbonyl (C=O) groups excluding carboxylic acids is 1. The number of amides is 1. The van der Waals surface area contributed by atoms with E-state index < -0.39 is 0 Å². The van der Waals surface area contributed by atoms with Gasteiger partial charge in [-0.1, -0.05) is 18.2 Å². The summed E-state index contributed by atoms with van der Waals surface area (Å²) in [5.41, 5.74) is 3.41. The first-order chi connectivity index (χ1) is 13.1. The number of aromatic nitrogens is 3. The van der Waals surface area contributed by atoms with E-state index in [0.29, 0.717) is 11.4 Å². The van der Waals surface area contributed by atoms with Crippen LogP contribution in [0.2, 0.25) is 0 Å². The zero-order valence-electron chi connectivity index (χ0n) is 15.3. The molecule has 0 atom stereocenters. The molecule has 0 radical (unpaired) electrons. The van der Waals surface area contributed by atoms with E-state index in [1.54, 1.807) is 13.0 Å². The fraction of sp³-hybridized carbons (Fsp3) is 0.190. The molecule has 1 amide bonds. The van der Waals surface area contributed by atoms with Crippen LogP contribution in [-0.2, 0) is 17.9 Å². The van der Waals surface area contributed by atoms with Crippen molar-refractivity contribution in [2.75, 3.05) is 5.32 Å². The summed E-state index contributed by atoms with van der Waals surface area (Å²) >= 11 is 0. The molecule has 2 aromatic carbocycles. The highest BCUT2D eigenvalue weighted by atomic mass is 16.2. The second-order valence-electron chi connectivity index (χ2n) is 6.51. The van der Waals surface area contributed by atoms with Crippen molar-refractivity contribution in [3.05, 3.63) is 70.6 Å². The van der Waals surface area contributed by atoms with Crippen LogP contribution in [0.4, 0.5) is 5.69 Å². The van der Waals surface area contributed by atoms with Gasteiger partial charge in [-0.2, -0.15) is 5.10 Å². The van der Waals surface area contributed by atoms with E-state index in [9.17, 15) is 9.59 Å². The van der Waals surface area contributed by atoms with Crippen LogP contribution in [0, 0.1) is 6.92 Å². The Morgan fingerprint density at radius 1 is 1.04 bits per heavy atom. The third kappa shape index (κ3) is 3.10. The molecular weight excluding hydrogens is 340 g/mol. The monoisotopic (exact) mass is 360 g/mol. The number of para-hydroxylation sites is 1. The maximum absolute atomic E-state index is 12.4. The van der Waals surface area contributed by atoms with Gasteiger partial charge in [-0.15, -0.1) is 0 Å². The highest BCUT2D eigenvalue weighted by molar-refractivity contribution is 6.09. The summed E-state index contributed by atoms with van der Waals surface area (Å²) in [4.78, 5) is 24.2. The topological polar surface area (TPSA) is 68.9 Å². The molecule has 0 spiro atoms. The number of fused-ring (bicyclic) bond motifs is 3. The molecule has 4 aromatic rings. The lowest BCUT2D eigenvalue weighted by molar-refractivity contribution is -0.117. The standard InChI is InChI=1S/C21H20N4O2/c1-3-24-18-7-5-4-6-16(18)17-12-15(9-10-19(17)24)22-20(26)13-25-21(27)11-8-14(2)23-25/h4-12H,3,13H2,1-2H3,(H,22,26). The summed E-state index contributed by atoms with van der Waals surface area (Å²) in [6.45, 7) is 4.66. The van der Waals surface area contributed by atoms with Gasteiger partial charge in [0.25, 0.3) is 5.56 Å². The van der Waals surface area contributed by atoms with E-state index in [0.717, 1.165) is 22.8 Å². The van der Waals surface area contributed by atoms with Crippen molar-refractivity contribution in [3.63, 3.8) is 0 Å². The molecule has 0 fully saturated rings. The number of aryl methyl sites for hydroxylation is 2. The minimum atomic E-state index is -0.294. The Morgan fingerprint density at radius 2 is 1.81 bits per heavy atom. The lowest BCUT2D eigenvalue weighted by Gasteiger charge is -2.08. The molecule has 136 valence electrons. The highest BCUT2D eigenvalue weighted by Gasteiger charge is 2.11. The number of nitrogens with one attached hydrogen (secondary N) is 1. The number of anilines is 1. The van der Waals surface area contributed by atoms with E-state index in [2.05, 4.69) is 34.0 Å². The van der Waals surface area contributed by atoms with Gasteiger partial charge in [-0.3, -0.25) is 9.59 Å². The van der Waals surface area contributed by atoms with Crippen LogP contribution >= 0.6 is 0 Å². The Morgan fingerprint density at radius 3 is 2.63 bits per heavy atom. The van der Waals surface area contributed by atoms with Gasteiger partial charge in [0.2, 0.25) is 5.91 Å². The maximum Gasteiger partial charge on any atom is 0.267 e. The predicted molar refractivity (Wildman–Crippen MR) is 107 cm³/mol. The van der Waals surface area contributed by atoms with Crippen LogP contribution in [-0.4, -0.2) is 20.3 Å². The van der Waals surface area contributed by atoms with Crippen LogP contribution in [0.3, 0.4) is 0 Å². The maximum atomic E-state index is 12.4. The van der Waals surface area contributed by atoms with Crippen LogP contribution in [0.1, 0.15) is 12.6 Å². The van der Waals surface area contributed by atoms with Gasteiger partial charge in [-0.25, -0.2) is 4.68 Å². The summed E-state index contributed by atoms with van der Waals surface area (Å²) in [7, 11) is 0. The first-order valence-corrected chi connectivity index (χ1v) is 8.92. The molecular formula is C21H20N4O2. The summed E-state index contributed by atoms with van der Waals surface area (Å²) in [5, 5.41) is 9.22. The van der Waals surface area contributed by atoms with Crippen molar-refractivity contribution in [1.82, 2.24) is 14.3 Å². The second kappa shape index (κ2) is 6.72. The number of rotatable bonds is 4. The van der Waals surface area contributed by atoms with Gasteiger partial charge in [0.05, 0.1) is 5.69 Å². The number of benzene rings is 2. The minimum absolute atomic E-state index is 0.116. The summed E-state index contributed by atoms with van der Waals surface area (Å²) in [6, 6.07) is 17.2. The Balaban J connectivity index is 1.66. The summed E-state index contributed by atoms with van der Waals surface area (Å²) in [6.07, 6.45) is 0. The van der Waals surface area contributed by atoms with Crippen LogP contribution in [0.5, 0.6) is 0 Å². The van der Waals surface area contributed by atoms with Crippen molar-refractivity contribution in [2.24, 2.45) is 0 Å². The molecule has 1 N–H and O–H groups in total. The normalized spacial score (nSPS) is 11.2. The van der Waals surface area contributed by atoms with Gasteiger partial charge in [0, 0.05) is 40.1 Å². The van der Waals surface area contributed by atoms with Crippen molar-refractivity contribution in [1.29, 1.82) is 0 Å². The van der Waals surface area contributed by atoms with Gasteiger partial charge in [-0.05, 0) is 44.2 Å². The molecule has 0 saturated carbocycles. The zero-order chi connectivity index (χ0) is 19.0. The Hall–Kier alpha value is -3.41. The van der Waals surface area contributed by atoms with Gasteiger partial charge in [0.15, 0.2) is 0 Å². The van der Waals surface area contributed by atoms with Crippen LogP contribution < -0.4 is 10.9 Å². The molecule has 0 unspecified atom stereocenters. The summed E-state index contributed by atoms with van der Waals surface area (Å²) in [5.74, 6) is -0.284. The SMILES string of the molecule is CCn1c2ccccc2c2cc(NC(=O)Cn3nc(C)ccc3=O)ccc21. The van der Waals surface area contributed by atoms with E-state index in [-0.39, 0.29) is 18.0 Å². The fourth-order valence-corrected chi connectivity index (χ4v) is 3.47. The molecule has 0 aliphatic carbocycles. The number of carbonyl (C=O) groups is 1. The Kier molecular flexibility index (Phi) is 4.24. The van der Waals surface area contributed by atoms with Crippen molar-refractivity contribution >= 4 is 33.4 Å². The lowest BCUT2D eigenvalue weighted by Crippen LogP contribution is -2.29. The third-order valence-electron chi connectivity index (χ3n) is 4.67. The second-order valence-corrected chi connectivity index (χ2v) is 6.51. The molecule has 2 aromatic heterocycles. The van der Waals surface area contributed by atoms with Crippen molar-refractivity contribution in [3.8, 4) is 0 Å². The lowest BCUT2D eigenvalue weighted by atomic mass is 10.1. The van der Waals surface area contributed by atoms with Gasteiger partial charge in [0.1, 0.15) is 6.54 Å².